The highest BCUT2D eigenvalue weighted by Crippen LogP contribution is 2.26. The van der Waals surface area contributed by atoms with E-state index in [0.29, 0.717) is 29.8 Å². The van der Waals surface area contributed by atoms with Crippen LogP contribution >= 0.6 is 11.6 Å². The monoisotopic (exact) mass is 521 g/mol. The zero-order valence-corrected chi connectivity index (χ0v) is 22.3. The fourth-order valence-electron chi connectivity index (χ4n) is 5.19. The maximum Gasteiger partial charge on any atom is 0.241 e. The molecule has 7 nitrogen and oxygen atoms in total. The lowest BCUT2D eigenvalue weighted by Crippen LogP contribution is -2.40. The molecule has 196 valence electrons. The molecule has 2 fully saturated rings. The van der Waals surface area contributed by atoms with E-state index in [-0.39, 0.29) is 11.8 Å². The molecule has 0 unspecified atom stereocenters. The third kappa shape index (κ3) is 6.98. The van der Waals surface area contributed by atoms with E-state index in [1.807, 2.05) is 24.3 Å². The number of nitrogens with one attached hydrogen (secondary N) is 1. The number of carbonyl (C=O) groups is 1. The van der Waals surface area contributed by atoms with Crippen LogP contribution in [0.15, 0.2) is 53.1 Å². The van der Waals surface area contributed by atoms with Crippen LogP contribution in [0.3, 0.4) is 0 Å². The molecular formula is C29H36ClN5O2. The lowest BCUT2D eigenvalue weighted by Gasteiger charge is -2.30. The van der Waals surface area contributed by atoms with Crippen LogP contribution in [0.25, 0.3) is 11.4 Å². The van der Waals surface area contributed by atoms with Gasteiger partial charge in [0.15, 0.2) is 0 Å². The van der Waals surface area contributed by atoms with Gasteiger partial charge in [-0.05, 0) is 81.0 Å². The van der Waals surface area contributed by atoms with Crippen LogP contribution in [0.2, 0.25) is 5.02 Å². The molecule has 0 saturated carbocycles. The standard InChI is InChI=1S/C29H36ClN5O2/c1-21-10-14-34(15-11-21)19-23-8-6-22(7-9-23)18-31-29(36)24-12-16-35(17-13-24)20-27-32-28(33-37-27)25-4-2-3-5-26(25)30/h2-9,21,24H,10-20H2,1H3,(H,31,36). The summed E-state index contributed by atoms with van der Waals surface area (Å²) in [5.41, 5.74) is 3.26. The van der Waals surface area contributed by atoms with Gasteiger partial charge in [0.1, 0.15) is 0 Å². The molecule has 37 heavy (non-hydrogen) atoms. The van der Waals surface area contributed by atoms with Crippen molar-refractivity contribution >= 4 is 17.5 Å². The van der Waals surface area contributed by atoms with Crippen molar-refractivity contribution in [3.05, 3.63) is 70.6 Å². The van der Waals surface area contributed by atoms with Crippen LogP contribution in [0.4, 0.5) is 0 Å². The second kappa shape index (κ2) is 12.2. The lowest BCUT2D eigenvalue weighted by molar-refractivity contribution is -0.126. The largest absolute Gasteiger partial charge is 0.352 e. The molecular weight excluding hydrogens is 486 g/mol. The Labute approximate surface area is 224 Å². The number of benzene rings is 2. The van der Waals surface area contributed by atoms with E-state index in [2.05, 4.69) is 56.4 Å². The van der Waals surface area contributed by atoms with Crippen molar-refractivity contribution in [1.82, 2.24) is 25.3 Å². The minimum absolute atomic E-state index is 0.0402. The van der Waals surface area contributed by atoms with Crippen molar-refractivity contribution in [2.24, 2.45) is 11.8 Å². The molecule has 5 rings (SSSR count). The fraction of sp³-hybridized carbons (Fsp3) is 0.483. The predicted octanol–water partition coefficient (Wildman–Crippen LogP) is 5.15. The summed E-state index contributed by atoms with van der Waals surface area (Å²) in [5, 5.41) is 7.83. The zero-order valence-electron chi connectivity index (χ0n) is 21.5. The highest BCUT2D eigenvalue weighted by atomic mass is 35.5. The fourth-order valence-corrected chi connectivity index (χ4v) is 5.41. The van der Waals surface area contributed by atoms with Crippen LogP contribution < -0.4 is 5.32 Å². The maximum atomic E-state index is 12.8. The summed E-state index contributed by atoms with van der Waals surface area (Å²) in [6.07, 6.45) is 4.24. The van der Waals surface area contributed by atoms with E-state index in [1.54, 1.807) is 0 Å². The van der Waals surface area contributed by atoms with E-state index >= 15 is 0 Å². The first kappa shape index (κ1) is 25.9. The second-order valence-corrected chi connectivity index (χ2v) is 10.9. The van der Waals surface area contributed by atoms with Crippen molar-refractivity contribution in [3.8, 4) is 11.4 Å². The van der Waals surface area contributed by atoms with Gasteiger partial charge in [0.25, 0.3) is 0 Å². The summed E-state index contributed by atoms with van der Waals surface area (Å²) in [7, 11) is 0. The van der Waals surface area contributed by atoms with Crippen LogP contribution in [0.1, 0.15) is 49.6 Å². The molecule has 0 atom stereocenters. The first-order valence-corrected chi connectivity index (χ1v) is 13.8. The third-order valence-corrected chi connectivity index (χ3v) is 8.00. The highest BCUT2D eigenvalue weighted by Gasteiger charge is 2.26. The number of hydrogen-bond acceptors (Lipinski definition) is 6. The number of hydrogen-bond donors (Lipinski definition) is 1. The second-order valence-electron chi connectivity index (χ2n) is 10.5. The first-order chi connectivity index (χ1) is 18.0. The number of aromatic nitrogens is 2. The van der Waals surface area contributed by atoms with Crippen molar-refractivity contribution in [2.75, 3.05) is 26.2 Å². The number of carbonyl (C=O) groups excluding carboxylic acids is 1. The van der Waals surface area contributed by atoms with Gasteiger partial charge < -0.3 is 9.84 Å². The minimum atomic E-state index is 0.0402. The number of rotatable bonds is 8. The van der Waals surface area contributed by atoms with Gasteiger partial charge in [-0.25, -0.2) is 0 Å². The smallest absolute Gasteiger partial charge is 0.241 e. The average molecular weight is 522 g/mol. The molecule has 0 spiro atoms. The number of amides is 1. The van der Waals surface area contributed by atoms with Gasteiger partial charge in [-0.1, -0.05) is 60.1 Å². The van der Waals surface area contributed by atoms with E-state index in [4.69, 9.17) is 16.1 Å². The molecule has 8 heteroatoms. The summed E-state index contributed by atoms with van der Waals surface area (Å²) >= 11 is 6.25. The molecule has 3 aromatic rings. The van der Waals surface area contributed by atoms with Gasteiger partial charge in [0.2, 0.25) is 17.6 Å². The Morgan fingerprint density at radius 2 is 1.59 bits per heavy atom. The highest BCUT2D eigenvalue weighted by molar-refractivity contribution is 6.33. The third-order valence-electron chi connectivity index (χ3n) is 7.67. The molecule has 2 aromatic carbocycles. The molecule has 1 N–H and O–H groups in total. The van der Waals surface area contributed by atoms with Gasteiger partial charge >= 0.3 is 0 Å². The van der Waals surface area contributed by atoms with Crippen molar-refractivity contribution < 1.29 is 9.32 Å². The Bertz CT molecular complexity index is 1170. The number of likely N-dealkylation sites (tertiary alicyclic amines) is 2. The first-order valence-electron chi connectivity index (χ1n) is 13.4. The number of halogens is 1. The van der Waals surface area contributed by atoms with Gasteiger partial charge in [-0.2, -0.15) is 4.98 Å². The van der Waals surface area contributed by atoms with E-state index in [0.717, 1.165) is 49.5 Å². The minimum Gasteiger partial charge on any atom is -0.352 e. The molecule has 0 bridgehead atoms. The Morgan fingerprint density at radius 3 is 2.32 bits per heavy atom. The Hall–Kier alpha value is -2.74. The predicted molar refractivity (Wildman–Crippen MR) is 145 cm³/mol. The SMILES string of the molecule is CC1CCN(Cc2ccc(CNC(=O)C3CCN(Cc4nc(-c5ccccc5Cl)no4)CC3)cc2)CC1. The summed E-state index contributed by atoms with van der Waals surface area (Å²) in [5.74, 6) is 2.11. The van der Waals surface area contributed by atoms with Gasteiger partial charge in [0.05, 0.1) is 11.6 Å². The molecule has 2 saturated heterocycles. The van der Waals surface area contributed by atoms with Crippen molar-refractivity contribution in [3.63, 3.8) is 0 Å². The maximum absolute atomic E-state index is 12.8. The Balaban J connectivity index is 1.03. The summed E-state index contributed by atoms with van der Waals surface area (Å²) < 4.78 is 5.45. The van der Waals surface area contributed by atoms with E-state index in [1.165, 1.54) is 31.5 Å². The molecule has 1 aromatic heterocycles. The lowest BCUT2D eigenvalue weighted by atomic mass is 9.96. The van der Waals surface area contributed by atoms with E-state index in [9.17, 15) is 4.79 Å². The van der Waals surface area contributed by atoms with Crippen LogP contribution in [0, 0.1) is 11.8 Å². The van der Waals surface area contributed by atoms with Gasteiger partial charge in [0, 0.05) is 24.6 Å². The molecule has 3 heterocycles. The average Bonchev–Trinajstić information content (AvgIpc) is 3.38. The van der Waals surface area contributed by atoms with Gasteiger partial charge in [-0.3, -0.25) is 14.6 Å². The van der Waals surface area contributed by atoms with Crippen LogP contribution in [0.5, 0.6) is 0 Å². The zero-order chi connectivity index (χ0) is 25.6. The summed E-state index contributed by atoms with van der Waals surface area (Å²) in [6, 6.07) is 16.2. The topological polar surface area (TPSA) is 74.5 Å². The quantitative estimate of drug-likeness (QED) is 0.442. The molecule has 2 aliphatic heterocycles. The summed E-state index contributed by atoms with van der Waals surface area (Å²) in [4.78, 5) is 22.1. The summed E-state index contributed by atoms with van der Waals surface area (Å²) in [6.45, 7) is 8.55. The Kier molecular flexibility index (Phi) is 8.54. The normalized spacial score (nSPS) is 18.2. The van der Waals surface area contributed by atoms with E-state index < -0.39 is 0 Å². The van der Waals surface area contributed by atoms with Crippen molar-refractivity contribution in [1.29, 1.82) is 0 Å². The molecule has 1 amide bonds. The van der Waals surface area contributed by atoms with Gasteiger partial charge in [-0.15, -0.1) is 0 Å². The number of nitrogens with zero attached hydrogens (tertiary/aromatic N) is 4. The molecule has 0 aliphatic carbocycles. The molecule has 2 aliphatic rings. The Morgan fingerprint density at radius 1 is 0.946 bits per heavy atom. The van der Waals surface area contributed by atoms with Crippen LogP contribution in [-0.2, 0) is 24.4 Å². The van der Waals surface area contributed by atoms with Crippen molar-refractivity contribution in [2.45, 2.75) is 52.2 Å². The number of piperidine rings is 2. The molecule has 0 radical (unpaired) electrons. The van der Waals surface area contributed by atoms with Crippen LogP contribution in [-0.4, -0.2) is 52.0 Å².